The van der Waals surface area contributed by atoms with Crippen LogP contribution in [0.4, 0.5) is 0 Å². The summed E-state index contributed by atoms with van der Waals surface area (Å²) in [6, 6.07) is 0. The molecule has 0 amide bonds. The van der Waals surface area contributed by atoms with Gasteiger partial charge in [-0.05, 0) is 50.4 Å². The molecule has 3 fully saturated rings. The number of rotatable bonds is 3. The standard InChI is InChI=1S/C18H30O2/c1-2-5-14-6-7-17(19)16(12-14)15-8-11-20-18(13-15)9-3-4-10-18/h14-16H,2-13H2,1H3. The van der Waals surface area contributed by atoms with Gasteiger partial charge in [-0.15, -0.1) is 0 Å². The smallest absolute Gasteiger partial charge is 0.136 e. The third-order valence-corrected chi connectivity index (χ3v) is 6.11. The fourth-order valence-corrected chi connectivity index (χ4v) is 5.04. The van der Waals surface area contributed by atoms with Gasteiger partial charge in [0.05, 0.1) is 5.60 Å². The average Bonchev–Trinajstić information content (AvgIpc) is 2.89. The van der Waals surface area contributed by atoms with Gasteiger partial charge < -0.3 is 4.74 Å². The zero-order chi connectivity index (χ0) is 14.0. The Labute approximate surface area is 123 Å². The van der Waals surface area contributed by atoms with Crippen molar-refractivity contribution in [1.29, 1.82) is 0 Å². The molecule has 2 saturated carbocycles. The van der Waals surface area contributed by atoms with Crippen LogP contribution in [-0.2, 0) is 9.53 Å². The van der Waals surface area contributed by atoms with E-state index < -0.39 is 0 Å². The highest BCUT2D eigenvalue weighted by Gasteiger charge is 2.44. The van der Waals surface area contributed by atoms with E-state index in [2.05, 4.69) is 6.92 Å². The second-order valence-corrected chi connectivity index (χ2v) is 7.49. The molecular formula is C18H30O2. The van der Waals surface area contributed by atoms with Gasteiger partial charge in [-0.25, -0.2) is 0 Å². The first-order valence-corrected chi connectivity index (χ1v) is 8.89. The van der Waals surface area contributed by atoms with Gasteiger partial charge in [-0.3, -0.25) is 4.79 Å². The van der Waals surface area contributed by atoms with E-state index in [0.717, 1.165) is 31.8 Å². The number of hydrogen-bond acceptors (Lipinski definition) is 2. The first kappa shape index (κ1) is 14.6. The molecule has 0 N–H and O–H groups in total. The molecule has 0 aromatic rings. The maximum atomic E-state index is 12.4. The lowest BCUT2D eigenvalue weighted by Crippen LogP contribution is -2.42. The van der Waals surface area contributed by atoms with Gasteiger partial charge >= 0.3 is 0 Å². The van der Waals surface area contributed by atoms with E-state index in [0.29, 0.717) is 17.6 Å². The van der Waals surface area contributed by atoms with E-state index in [-0.39, 0.29) is 5.60 Å². The highest BCUT2D eigenvalue weighted by atomic mass is 16.5. The molecule has 0 aromatic heterocycles. The molecule has 2 heteroatoms. The summed E-state index contributed by atoms with van der Waals surface area (Å²) in [7, 11) is 0. The van der Waals surface area contributed by atoms with E-state index in [1.54, 1.807) is 0 Å². The van der Waals surface area contributed by atoms with Crippen LogP contribution in [-0.4, -0.2) is 18.0 Å². The number of Topliss-reactive ketones (excluding diaryl/α,β-unsaturated/α-hetero) is 1. The summed E-state index contributed by atoms with van der Waals surface area (Å²) in [5.74, 6) is 2.36. The van der Waals surface area contributed by atoms with Gasteiger partial charge in [0, 0.05) is 18.9 Å². The lowest BCUT2D eigenvalue weighted by molar-refractivity contribution is -0.136. The Balaban J connectivity index is 1.65. The molecular weight excluding hydrogens is 248 g/mol. The fraction of sp³-hybridized carbons (Fsp3) is 0.944. The maximum Gasteiger partial charge on any atom is 0.136 e. The van der Waals surface area contributed by atoms with Crippen LogP contribution in [0.5, 0.6) is 0 Å². The largest absolute Gasteiger partial charge is 0.375 e. The number of carbonyl (C=O) groups excluding carboxylic acids is 1. The average molecular weight is 278 g/mol. The minimum Gasteiger partial charge on any atom is -0.375 e. The SMILES string of the molecule is CCCC1CCC(=O)C(C2CCOC3(CCCC3)C2)C1. The minimum atomic E-state index is 0.168. The fourth-order valence-electron chi connectivity index (χ4n) is 5.04. The van der Waals surface area contributed by atoms with Gasteiger partial charge in [0.15, 0.2) is 0 Å². The molecule has 2 nitrogen and oxygen atoms in total. The molecule has 0 aromatic carbocycles. The van der Waals surface area contributed by atoms with Crippen molar-refractivity contribution in [3.63, 3.8) is 0 Å². The Kier molecular flexibility index (Phi) is 4.49. The van der Waals surface area contributed by atoms with Crippen molar-refractivity contribution in [2.24, 2.45) is 17.8 Å². The van der Waals surface area contributed by atoms with Crippen molar-refractivity contribution in [3.8, 4) is 0 Å². The summed E-state index contributed by atoms with van der Waals surface area (Å²) in [5.41, 5.74) is 0.168. The van der Waals surface area contributed by atoms with Crippen molar-refractivity contribution in [1.82, 2.24) is 0 Å². The van der Waals surface area contributed by atoms with E-state index in [1.165, 1.54) is 51.4 Å². The molecule has 1 aliphatic heterocycles. The van der Waals surface area contributed by atoms with E-state index in [1.807, 2.05) is 0 Å². The summed E-state index contributed by atoms with van der Waals surface area (Å²) >= 11 is 0. The number of ketones is 1. The van der Waals surface area contributed by atoms with Gasteiger partial charge in [0.1, 0.15) is 5.78 Å². The zero-order valence-corrected chi connectivity index (χ0v) is 13.0. The van der Waals surface area contributed by atoms with Crippen LogP contribution >= 0.6 is 0 Å². The first-order chi connectivity index (χ1) is 9.72. The molecule has 1 saturated heterocycles. The van der Waals surface area contributed by atoms with E-state index >= 15 is 0 Å². The molecule has 3 atom stereocenters. The lowest BCUT2D eigenvalue weighted by atomic mass is 9.68. The molecule has 114 valence electrons. The van der Waals surface area contributed by atoms with Gasteiger partial charge in [-0.1, -0.05) is 32.6 Å². The number of carbonyl (C=O) groups is 1. The van der Waals surface area contributed by atoms with Crippen LogP contribution in [0.25, 0.3) is 0 Å². The third-order valence-electron chi connectivity index (χ3n) is 6.11. The summed E-state index contributed by atoms with van der Waals surface area (Å²) in [4.78, 5) is 12.4. The highest BCUT2D eigenvalue weighted by molar-refractivity contribution is 5.82. The Morgan fingerprint density at radius 1 is 1.25 bits per heavy atom. The number of hydrogen-bond donors (Lipinski definition) is 0. The van der Waals surface area contributed by atoms with Crippen LogP contribution < -0.4 is 0 Å². The third kappa shape index (κ3) is 2.95. The Bertz CT molecular complexity index is 343. The second-order valence-electron chi connectivity index (χ2n) is 7.49. The molecule has 0 bridgehead atoms. The molecule has 2 aliphatic carbocycles. The van der Waals surface area contributed by atoms with Crippen LogP contribution in [0.3, 0.4) is 0 Å². The van der Waals surface area contributed by atoms with E-state index in [4.69, 9.17) is 4.74 Å². The van der Waals surface area contributed by atoms with Crippen molar-refractivity contribution < 1.29 is 9.53 Å². The lowest BCUT2D eigenvalue weighted by Gasteiger charge is -2.43. The molecule has 1 spiro atoms. The number of ether oxygens (including phenoxy) is 1. The van der Waals surface area contributed by atoms with Crippen molar-refractivity contribution in [3.05, 3.63) is 0 Å². The predicted molar refractivity (Wildman–Crippen MR) is 80.6 cm³/mol. The topological polar surface area (TPSA) is 26.3 Å². The molecule has 20 heavy (non-hydrogen) atoms. The summed E-state index contributed by atoms with van der Waals surface area (Å²) in [6.45, 7) is 3.17. The van der Waals surface area contributed by atoms with Gasteiger partial charge in [0.25, 0.3) is 0 Å². The highest BCUT2D eigenvalue weighted by Crippen LogP contribution is 2.46. The maximum absolute atomic E-state index is 12.4. The second kappa shape index (κ2) is 6.17. The van der Waals surface area contributed by atoms with Gasteiger partial charge in [-0.2, -0.15) is 0 Å². The molecule has 3 unspecified atom stereocenters. The Morgan fingerprint density at radius 2 is 2.05 bits per heavy atom. The minimum absolute atomic E-state index is 0.168. The van der Waals surface area contributed by atoms with E-state index in [9.17, 15) is 4.79 Å². The van der Waals surface area contributed by atoms with Gasteiger partial charge in [0.2, 0.25) is 0 Å². The zero-order valence-electron chi connectivity index (χ0n) is 13.0. The first-order valence-electron chi connectivity index (χ1n) is 8.89. The molecule has 1 heterocycles. The van der Waals surface area contributed by atoms with Crippen molar-refractivity contribution >= 4 is 5.78 Å². The monoisotopic (exact) mass is 278 g/mol. The van der Waals surface area contributed by atoms with Crippen molar-refractivity contribution in [2.45, 2.75) is 83.2 Å². The summed E-state index contributed by atoms with van der Waals surface area (Å²) < 4.78 is 6.15. The molecule has 0 radical (unpaired) electrons. The molecule has 3 aliphatic rings. The molecule has 3 rings (SSSR count). The Morgan fingerprint density at radius 3 is 2.80 bits per heavy atom. The van der Waals surface area contributed by atoms with Crippen LogP contribution in [0.15, 0.2) is 0 Å². The summed E-state index contributed by atoms with van der Waals surface area (Å²) in [6.07, 6.45) is 13.2. The quantitative estimate of drug-likeness (QED) is 0.759. The van der Waals surface area contributed by atoms with Crippen LogP contribution in [0.2, 0.25) is 0 Å². The van der Waals surface area contributed by atoms with Crippen LogP contribution in [0.1, 0.15) is 77.6 Å². The predicted octanol–water partition coefficient (Wildman–Crippen LogP) is 4.51. The van der Waals surface area contributed by atoms with Crippen LogP contribution in [0, 0.1) is 17.8 Å². The normalized spacial score (nSPS) is 37.5. The summed E-state index contributed by atoms with van der Waals surface area (Å²) in [5, 5.41) is 0. The van der Waals surface area contributed by atoms with Crippen molar-refractivity contribution in [2.75, 3.05) is 6.61 Å². The Hall–Kier alpha value is -0.370.